The van der Waals surface area contributed by atoms with Crippen LogP contribution in [0.4, 0.5) is 5.69 Å². The molecule has 2 aromatic rings. The Hall–Kier alpha value is -1.57. The number of fused-ring (bicyclic) bond motifs is 1. The third kappa shape index (κ3) is 1.61. The van der Waals surface area contributed by atoms with Crippen molar-refractivity contribution in [2.75, 3.05) is 11.9 Å². The van der Waals surface area contributed by atoms with Gasteiger partial charge in [-0.05, 0) is 30.5 Å². The van der Waals surface area contributed by atoms with Crippen molar-refractivity contribution in [3.05, 3.63) is 36.7 Å². The van der Waals surface area contributed by atoms with E-state index in [0.717, 1.165) is 6.54 Å². The number of nitrogens with zero attached hydrogens (tertiary/aromatic N) is 1. The number of hydrogen-bond donors (Lipinski definition) is 1. The first-order valence-corrected chi connectivity index (χ1v) is 4.48. The van der Waals surface area contributed by atoms with Gasteiger partial charge in [0.05, 0.1) is 0 Å². The number of nitrogens with one attached hydrogen (secondary N) is 1. The van der Waals surface area contributed by atoms with Crippen LogP contribution in [-0.2, 0) is 0 Å². The predicted molar refractivity (Wildman–Crippen MR) is 55.9 cm³/mol. The molecule has 0 bridgehead atoms. The van der Waals surface area contributed by atoms with Crippen molar-refractivity contribution in [1.82, 2.24) is 4.98 Å². The van der Waals surface area contributed by atoms with Gasteiger partial charge in [0.1, 0.15) is 0 Å². The lowest BCUT2D eigenvalue weighted by atomic mass is 10.1. The van der Waals surface area contributed by atoms with E-state index in [1.165, 1.54) is 16.5 Å². The van der Waals surface area contributed by atoms with Crippen molar-refractivity contribution >= 4 is 16.5 Å². The number of aromatic nitrogens is 1. The second kappa shape index (κ2) is 3.44. The highest BCUT2D eigenvalue weighted by Gasteiger charge is 1.93. The molecule has 2 rings (SSSR count). The largest absolute Gasteiger partial charge is 0.385 e. The molecule has 1 aromatic carbocycles. The van der Waals surface area contributed by atoms with Crippen molar-refractivity contribution in [2.24, 2.45) is 0 Å². The Morgan fingerprint density at radius 3 is 3.00 bits per heavy atom. The standard InChI is InChI=1S/C11H12N2/c1-2-13-11-4-3-10-8-12-6-5-9(10)7-11/h3-8,13H,2H2,1H3. The molecule has 1 aromatic heterocycles. The third-order valence-electron chi connectivity index (χ3n) is 2.02. The third-order valence-corrected chi connectivity index (χ3v) is 2.02. The molecule has 0 aliphatic rings. The first-order chi connectivity index (χ1) is 6.40. The minimum Gasteiger partial charge on any atom is -0.385 e. The Bertz CT molecular complexity index is 410. The van der Waals surface area contributed by atoms with Crippen LogP contribution in [-0.4, -0.2) is 11.5 Å². The highest BCUT2D eigenvalue weighted by atomic mass is 14.8. The molecule has 0 saturated heterocycles. The highest BCUT2D eigenvalue weighted by molar-refractivity contribution is 5.84. The minimum absolute atomic E-state index is 0.955. The van der Waals surface area contributed by atoms with Gasteiger partial charge < -0.3 is 5.32 Å². The van der Waals surface area contributed by atoms with Crippen molar-refractivity contribution in [3.63, 3.8) is 0 Å². The van der Waals surface area contributed by atoms with Crippen molar-refractivity contribution < 1.29 is 0 Å². The van der Waals surface area contributed by atoms with E-state index in [4.69, 9.17) is 0 Å². The molecule has 0 unspecified atom stereocenters. The zero-order valence-electron chi connectivity index (χ0n) is 7.62. The maximum absolute atomic E-state index is 4.07. The Balaban J connectivity index is 2.49. The van der Waals surface area contributed by atoms with Crippen LogP contribution in [0.1, 0.15) is 6.92 Å². The van der Waals surface area contributed by atoms with Crippen molar-refractivity contribution in [1.29, 1.82) is 0 Å². The fourth-order valence-electron chi connectivity index (χ4n) is 1.40. The highest BCUT2D eigenvalue weighted by Crippen LogP contribution is 2.17. The van der Waals surface area contributed by atoms with E-state index in [2.05, 4.69) is 35.4 Å². The summed E-state index contributed by atoms with van der Waals surface area (Å²) in [6.45, 7) is 3.05. The maximum Gasteiger partial charge on any atom is 0.0346 e. The van der Waals surface area contributed by atoms with E-state index in [9.17, 15) is 0 Å². The van der Waals surface area contributed by atoms with Crippen LogP contribution < -0.4 is 5.32 Å². The van der Waals surface area contributed by atoms with E-state index >= 15 is 0 Å². The van der Waals surface area contributed by atoms with Gasteiger partial charge >= 0.3 is 0 Å². The van der Waals surface area contributed by atoms with E-state index in [-0.39, 0.29) is 0 Å². The number of rotatable bonds is 2. The summed E-state index contributed by atoms with van der Waals surface area (Å²) >= 11 is 0. The molecule has 2 heteroatoms. The lowest BCUT2D eigenvalue weighted by molar-refractivity contribution is 1.21. The summed E-state index contributed by atoms with van der Waals surface area (Å²) in [4.78, 5) is 4.07. The average Bonchev–Trinajstić information content (AvgIpc) is 2.18. The Kier molecular flexibility index (Phi) is 2.13. The summed E-state index contributed by atoms with van der Waals surface area (Å²) in [5.41, 5.74) is 1.17. The molecular formula is C11H12N2. The van der Waals surface area contributed by atoms with Crippen LogP contribution in [0.15, 0.2) is 36.7 Å². The molecule has 0 aliphatic heterocycles. The molecule has 1 heterocycles. The maximum atomic E-state index is 4.07. The molecule has 0 aliphatic carbocycles. The van der Waals surface area contributed by atoms with E-state index in [1.807, 2.05) is 18.5 Å². The van der Waals surface area contributed by atoms with E-state index in [1.54, 1.807) is 0 Å². The number of hydrogen-bond acceptors (Lipinski definition) is 2. The van der Waals surface area contributed by atoms with Gasteiger partial charge in [-0.25, -0.2) is 0 Å². The van der Waals surface area contributed by atoms with Gasteiger partial charge in [-0.3, -0.25) is 4.98 Å². The second-order valence-electron chi connectivity index (χ2n) is 2.97. The van der Waals surface area contributed by atoms with Gasteiger partial charge in [-0.2, -0.15) is 0 Å². The van der Waals surface area contributed by atoms with Crippen LogP contribution in [0, 0.1) is 0 Å². The molecule has 0 atom stereocenters. The van der Waals surface area contributed by atoms with Crippen LogP contribution in [0.3, 0.4) is 0 Å². The van der Waals surface area contributed by atoms with E-state index in [0.29, 0.717) is 0 Å². The van der Waals surface area contributed by atoms with Gasteiger partial charge in [0.25, 0.3) is 0 Å². The summed E-state index contributed by atoms with van der Waals surface area (Å²) in [6.07, 6.45) is 3.70. The van der Waals surface area contributed by atoms with Crippen molar-refractivity contribution in [3.8, 4) is 0 Å². The fourth-order valence-corrected chi connectivity index (χ4v) is 1.40. The molecule has 0 fully saturated rings. The van der Waals surface area contributed by atoms with Gasteiger partial charge in [0.2, 0.25) is 0 Å². The number of anilines is 1. The molecule has 0 spiro atoms. The van der Waals surface area contributed by atoms with Gasteiger partial charge in [-0.15, -0.1) is 0 Å². The Morgan fingerprint density at radius 1 is 1.23 bits per heavy atom. The molecule has 0 amide bonds. The molecule has 13 heavy (non-hydrogen) atoms. The SMILES string of the molecule is CCNc1ccc2cnccc2c1. The lowest BCUT2D eigenvalue weighted by Gasteiger charge is -2.03. The number of benzene rings is 1. The van der Waals surface area contributed by atoms with Crippen LogP contribution in [0.2, 0.25) is 0 Å². The molecule has 66 valence electrons. The molecule has 0 saturated carbocycles. The first-order valence-electron chi connectivity index (χ1n) is 4.48. The summed E-state index contributed by atoms with van der Waals surface area (Å²) in [5.74, 6) is 0. The minimum atomic E-state index is 0.955. The summed E-state index contributed by atoms with van der Waals surface area (Å²) in [7, 11) is 0. The molecule has 0 radical (unpaired) electrons. The number of pyridine rings is 1. The summed E-state index contributed by atoms with van der Waals surface area (Å²) in [6, 6.07) is 8.32. The van der Waals surface area contributed by atoms with Crippen LogP contribution in [0.5, 0.6) is 0 Å². The zero-order chi connectivity index (χ0) is 9.10. The second-order valence-corrected chi connectivity index (χ2v) is 2.97. The lowest BCUT2D eigenvalue weighted by Crippen LogP contribution is -1.95. The Labute approximate surface area is 77.6 Å². The average molecular weight is 172 g/mol. The quantitative estimate of drug-likeness (QED) is 0.753. The van der Waals surface area contributed by atoms with Crippen LogP contribution >= 0.6 is 0 Å². The summed E-state index contributed by atoms with van der Waals surface area (Å²) in [5, 5.41) is 5.69. The van der Waals surface area contributed by atoms with E-state index < -0.39 is 0 Å². The molecule has 2 nitrogen and oxygen atoms in total. The van der Waals surface area contributed by atoms with Gasteiger partial charge in [0, 0.05) is 30.0 Å². The Morgan fingerprint density at radius 2 is 2.15 bits per heavy atom. The normalized spacial score (nSPS) is 10.2. The van der Waals surface area contributed by atoms with Gasteiger partial charge in [-0.1, -0.05) is 6.07 Å². The smallest absolute Gasteiger partial charge is 0.0346 e. The van der Waals surface area contributed by atoms with Crippen molar-refractivity contribution in [2.45, 2.75) is 6.92 Å². The summed E-state index contributed by atoms with van der Waals surface area (Å²) < 4.78 is 0. The molecule has 1 N–H and O–H groups in total. The van der Waals surface area contributed by atoms with Gasteiger partial charge in [0.15, 0.2) is 0 Å². The monoisotopic (exact) mass is 172 g/mol. The fraction of sp³-hybridized carbons (Fsp3) is 0.182. The first kappa shape index (κ1) is 8.05. The predicted octanol–water partition coefficient (Wildman–Crippen LogP) is 2.67. The topological polar surface area (TPSA) is 24.9 Å². The van der Waals surface area contributed by atoms with Crippen LogP contribution in [0.25, 0.3) is 10.8 Å². The zero-order valence-corrected chi connectivity index (χ0v) is 7.62. The molecular weight excluding hydrogens is 160 g/mol.